The summed E-state index contributed by atoms with van der Waals surface area (Å²) in [6.45, 7) is 0.925. The first-order valence-corrected chi connectivity index (χ1v) is 6.23. The van der Waals surface area contributed by atoms with Crippen LogP contribution in [0.15, 0.2) is 54.6 Å². The predicted octanol–water partition coefficient (Wildman–Crippen LogP) is 4.18. The molecule has 0 bridgehead atoms. The summed E-state index contributed by atoms with van der Waals surface area (Å²) in [5.41, 5.74) is 3.63. The molecule has 1 heteroatoms. The van der Waals surface area contributed by atoms with E-state index < -0.39 is 0 Å². The first kappa shape index (κ1) is 12.3. The van der Waals surface area contributed by atoms with Crippen LogP contribution >= 0.6 is 0 Å². The number of rotatable bonds is 5. The molecule has 0 heterocycles. The maximum atomic E-state index is 5.21. The maximum absolute atomic E-state index is 5.21. The summed E-state index contributed by atoms with van der Waals surface area (Å²) < 4.78 is 0. The van der Waals surface area contributed by atoms with Crippen LogP contribution in [-0.2, 0) is 0 Å². The van der Waals surface area contributed by atoms with Crippen LogP contribution in [0.2, 0.25) is 0 Å². The molecule has 0 fully saturated rings. The summed E-state index contributed by atoms with van der Waals surface area (Å²) in [7, 11) is 0. The van der Waals surface area contributed by atoms with Gasteiger partial charge in [-0.2, -0.15) is 0 Å². The minimum atomic E-state index is 0.828. The Morgan fingerprint density at radius 1 is 0.889 bits per heavy atom. The SMILES string of the molecule is C#CCCCNc1ccc(-c2ccccc2)cc1. The number of hydrogen-bond acceptors (Lipinski definition) is 1. The molecule has 0 radical (unpaired) electrons. The fourth-order valence-corrected chi connectivity index (χ4v) is 1.83. The quantitative estimate of drug-likeness (QED) is 0.605. The van der Waals surface area contributed by atoms with Crippen LogP contribution in [0.25, 0.3) is 11.1 Å². The average Bonchev–Trinajstić information content (AvgIpc) is 2.45. The molecule has 0 amide bonds. The summed E-state index contributed by atoms with van der Waals surface area (Å²) in [6, 6.07) is 18.9. The minimum Gasteiger partial charge on any atom is -0.385 e. The molecule has 2 aromatic rings. The van der Waals surface area contributed by atoms with Crippen molar-refractivity contribution in [1.29, 1.82) is 0 Å². The molecule has 1 nitrogen and oxygen atoms in total. The van der Waals surface area contributed by atoms with Crippen molar-refractivity contribution in [3.05, 3.63) is 54.6 Å². The predicted molar refractivity (Wildman–Crippen MR) is 78.4 cm³/mol. The zero-order chi connectivity index (χ0) is 12.6. The van der Waals surface area contributed by atoms with Gasteiger partial charge in [-0.05, 0) is 29.7 Å². The molecule has 0 aliphatic heterocycles. The van der Waals surface area contributed by atoms with E-state index in [9.17, 15) is 0 Å². The lowest BCUT2D eigenvalue weighted by atomic mass is 10.1. The molecular formula is C17H17N. The molecule has 2 rings (SSSR count). The highest BCUT2D eigenvalue weighted by atomic mass is 14.9. The molecular weight excluding hydrogens is 218 g/mol. The number of unbranched alkanes of at least 4 members (excludes halogenated alkanes) is 1. The van der Waals surface area contributed by atoms with Gasteiger partial charge in [0.1, 0.15) is 0 Å². The van der Waals surface area contributed by atoms with E-state index in [1.54, 1.807) is 0 Å². The van der Waals surface area contributed by atoms with E-state index in [4.69, 9.17) is 6.42 Å². The number of hydrogen-bond donors (Lipinski definition) is 1. The first-order valence-electron chi connectivity index (χ1n) is 6.23. The van der Waals surface area contributed by atoms with Crippen molar-refractivity contribution in [2.45, 2.75) is 12.8 Å². The van der Waals surface area contributed by atoms with Gasteiger partial charge in [-0.1, -0.05) is 42.5 Å². The van der Waals surface area contributed by atoms with E-state index in [1.807, 2.05) is 6.07 Å². The fraction of sp³-hybridized carbons (Fsp3) is 0.176. The van der Waals surface area contributed by atoms with Gasteiger partial charge in [0.15, 0.2) is 0 Å². The van der Waals surface area contributed by atoms with Crippen molar-refractivity contribution in [2.24, 2.45) is 0 Å². The Hall–Kier alpha value is -2.20. The van der Waals surface area contributed by atoms with Crippen LogP contribution in [0.5, 0.6) is 0 Å². The molecule has 0 aromatic heterocycles. The monoisotopic (exact) mass is 235 g/mol. The van der Waals surface area contributed by atoms with Gasteiger partial charge in [-0.25, -0.2) is 0 Å². The lowest BCUT2D eigenvalue weighted by Gasteiger charge is -2.06. The van der Waals surface area contributed by atoms with E-state index in [0.29, 0.717) is 0 Å². The molecule has 0 unspecified atom stereocenters. The van der Waals surface area contributed by atoms with Gasteiger partial charge in [-0.15, -0.1) is 12.3 Å². The molecule has 0 saturated heterocycles. The fourth-order valence-electron chi connectivity index (χ4n) is 1.83. The standard InChI is InChI=1S/C17H17N/c1-2-3-7-14-18-17-12-10-16(11-13-17)15-8-5-4-6-9-15/h1,4-6,8-13,18H,3,7,14H2. The lowest BCUT2D eigenvalue weighted by Crippen LogP contribution is -2.00. The molecule has 0 saturated carbocycles. The Morgan fingerprint density at radius 2 is 1.56 bits per heavy atom. The van der Waals surface area contributed by atoms with Gasteiger partial charge in [0.2, 0.25) is 0 Å². The zero-order valence-corrected chi connectivity index (χ0v) is 10.4. The molecule has 0 spiro atoms. The molecule has 0 atom stereocenters. The second kappa shape index (κ2) is 6.51. The van der Waals surface area contributed by atoms with Crippen LogP contribution in [0.1, 0.15) is 12.8 Å². The Kier molecular flexibility index (Phi) is 4.44. The van der Waals surface area contributed by atoms with Crippen LogP contribution in [-0.4, -0.2) is 6.54 Å². The highest BCUT2D eigenvalue weighted by Crippen LogP contribution is 2.20. The smallest absolute Gasteiger partial charge is 0.0340 e. The first-order chi connectivity index (χ1) is 8.90. The molecule has 1 N–H and O–H groups in total. The molecule has 0 aliphatic carbocycles. The van der Waals surface area contributed by atoms with E-state index in [0.717, 1.165) is 25.1 Å². The summed E-state index contributed by atoms with van der Waals surface area (Å²) in [4.78, 5) is 0. The number of terminal acetylenes is 1. The second-order valence-electron chi connectivity index (χ2n) is 4.18. The molecule has 2 aromatic carbocycles. The normalized spacial score (nSPS) is 9.72. The third-order valence-electron chi connectivity index (χ3n) is 2.82. The van der Waals surface area contributed by atoms with Crippen LogP contribution in [0.3, 0.4) is 0 Å². The van der Waals surface area contributed by atoms with Crippen LogP contribution < -0.4 is 5.32 Å². The van der Waals surface area contributed by atoms with Gasteiger partial charge in [0, 0.05) is 18.7 Å². The summed E-state index contributed by atoms with van der Waals surface area (Å²) in [6.07, 6.45) is 7.05. The Balaban J connectivity index is 1.96. The topological polar surface area (TPSA) is 12.0 Å². The van der Waals surface area contributed by atoms with Crippen LogP contribution in [0.4, 0.5) is 5.69 Å². The van der Waals surface area contributed by atoms with Crippen LogP contribution in [0, 0.1) is 12.3 Å². The Labute approximate surface area is 109 Å². The Morgan fingerprint density at radius 3 is 2.22 bits per heavy atom. The number of nitrogens with one attached hydrogen (secondary N) is 1. The summed E-state index contributed by atoms with van der Waals surface area (Å²) in [5.74, 6) is 2.64. The molecule has 90 valence electrons. The number of benzene rings is 2. The summed E-state index contributed by atoms with van der Waals surface area (Å²) in [5, 5.41) is 3.36. The van der Waals surface area contributed by atoms with Gasteiger partial charge in [0.25, 0.3) is 0 Å². The van der Waals surface area contributed by atoms with Gasteiger partial charge in [0.05, 0.1) is 0 Å². The third-order valence-corrected chi connectivity index (χ3v) is 2.82. The molecule has 18 heavy (non-hydrogen) atoms. The van der Waals surface area contributed by atoms with Crippen molar-refractivity contribution in [3.63, 3.8) is 0 Å². The van der Waals surface area contributed by atoms with Gasteiger partial charge in [-0.3, -0.25) is 0 Å². The zero-order valence-electron chi connectivity index (χ0n) is 10.4. The molecule has 0 aliphatic rings. The Bertz CT molecular complexity index is 506. The summed E-state index contributed by atoms with van der Waals surface area (Å²) >= 11 is 0. The van der Waals surface area contributed by atoms with E-state index in [1.165, 1.54) is 11.1 Å². The van der Waals surface area contributed by atoms with Crippen molar-refractivity contribution in [2.75, 3.05) is 11.9 Å². The van der Waals surface area contributed by atoms with E-state index in [2.05, 4.69) is 59.8 Å². The van der Waals surface area contributed by atoms with Crippen molar-refractivity contribution >= 4 is 5.69 Å². The van der Waals surface area contributed by atoms with Gasteiger partial charge >= 0.3 is 0 Å². The van der Waals surface area contributed by atoms with Crippen molar-refractivity contribution in [1.82, 2.24) is 0 Å². The number of anilines is 1. The second-order valence-corrected chi connectivity index (χ2v) is 4.18. The highest BCUT2D eigenvalue weighted by Gasteiger charge is 1.96. The minimum absolute atomic E-state index is 0.828. The van der Waals surface area contributed by atoms with E-state index in [-0.39, 0.29) is 0 Å². The van der Waals surface area contributed by atoms with Gasteiger partial charge < -0.3 is 5.32 Å². The van der Waals surface area contributed by atoms with E-state index >= 15 is 0 Å². The largest absolute Gasteiger partial charge is 0.385 e. The average molecular weight is 235 g/mol. The van der Waals surface area contributed by atoms with Crippen molar-refractivity contribution < 1.29 is 0 Å². The highest BCUT2D eigenvalue weighted by molar-refractivity contribution is 5.65. The lowest BCUT2D eigenvalue weighted by molar-refractivity contribution is 0.907. The van der Waals surface area contributed by atoms with Crippen molar-refractivity contribution in [3.8, 4) is 23.5 Å². The third kappa shape index (κ3) is 3.40. The maximum Gasteiger partial charge on any atom is 0.0340 e.